The molecule has 1 atom stereocenters. The lowest BCUT2D eigenvalue weighted by atomic mass is 9.86. The van der Waals surface area contributed by atoms with Crippen LogP contribution in [0.1, 0.15) is 42.3 Å². The lowest BCUT2D eigenvalue weighted by Crippen LogP contribution is -2.45. The fourth-order valence-corrected chi connectivity index (χ4v) is 2.93. The van der Waals surface area contributed by atoms with E-state index in [-0.39, 0.29) is 11.3 Å². The van der Waals surface area contributed by atoms with Crippen molar-refractivity contribution in [2.75, 3.05) is 0 Å². The molecule has 0 spiro atoms. The Bertz CT molecular complexity index is 764. The molecular weight excluding hydrogens is 380 g/mol. The topological polar surface area (TPSA) is 72.2 Å². The van der Waals surface area contributed by atoms with Crippen LogP contribution in [0.2, 0.25) is 0 Å². The number of carbonyl (C=O) groups excluding carboxylic acids is 2. The van der Waals surface area contributed by atoms with Gasteiger partial charge in [0.05, 0.1) is 0 Å². The first-order valence-corrected chi connectivity index (χ1v) is 8.91. The smallest absolute Gasteiger partial charge is 0.251 e. The average Bonchev–Trinajstić information content (AvgIpc) is 2.53. The fourth-order valence-electron chi connectivity index (χ4n) is 2.49. The number of hydrogen-bond acceptors (Lipinski definition) is 2. The van der Waals surface area contributed by atoms with Crippen LogP contribution in [0.25, 0.3) is 0 Å². The number of halogens is 1. The average molecular weight is 403 g/mol. The minimum absolute atomic E-state index is 0.0193. The van der Waals surface area contributed by atoms with Crippen LogP contribution in [0.15, 0.2) is 53.0 Å². The first-order valence-electron chi connectivity index (χ1n) is 8.12. The third-order valence-corrected chi connectivity index (χ3v) is 4.48. The van der Waals surface area contributed by atoms with Gasteiger partial charge in [-0.3, -0.25) is 9.59 Å². The molecule has 0 radical (unpaired) electrons. The van der Waals surface area contributed by atoms with Crippen LogP contribution in [0.5, 0.6) is 0 Å². The molecule has 4 nitrogen and oxygen atoms in total. The molecule has 3 N–H and O–H groups in total. The van der Waals surface area contributed by atoms with Crippen molar-refractivity contribution in [1.82, 2.24) is 5.32 Å². The lowest BCUT2D eigenvalue weighted by molar-refractivity contribution is -0.119. The molecule has 2 aromatic carbocycles. The second kappa shape index (κ2) is 7.83. The van der Waals surface area contributed by atoms with Gasteiger partial charge in [0.2, 0.25) is 5.91 Å². The normalized spacial score (nSPS) is 12.5. The summed E-state index contributed by atoms with van der Waals surface area (Å²) in [6.45, 7) is 6.34. The van der Waals surface area contributed by atoms with Gasteiger partial charge in [-0.15, -0.1) is 0 Å². The van der Waals surface area contributed by atoms with Crippen molar-refractivity contribution in [1.29, 1.82) is 0 Å². The highest BCUT2D eigenvalue weighted by Crippen LogP contribution is 2.22. The summed E-state index contributed by atoms with van der Waals surface area (Å²) in [6, 6.07) is 14.2. The van der Waals surface area contributed by atoms with E-state index in [0.717, 1.165) is 15.6 Å². The second-order valence-corrected chi connectivity index (χ2v) is 8.01. The van der Waals surface area contributed by atoms with Gasteiger partial charge < -0.3 is 11.1 Å². The molecule has 2 amide bonds. The summed E-state index contributed by atoms with van der Waals surface area (Å²) in [7, 11) is 0. The Kier molecular flexibility index (Phi) is 6.01. The summed E-state index contributed by atoms with van der Waals surface area (Å²) in [4.78, 5) is 24.2. The molecule has 0 aliphatic carbocycles. The van der Waals surface area contributed by atoms with Gasteiger partial charge in [-0.2, -0.15) is 0 Å². The van der Waals surface area contributed by atoms with E-state index in [4.69, 9.17) is 5.73 Å². The van der Waals surface area contributed by atoms with Crippen LogP contribution >= 0.6 is 15.9 Å². The van der Waals surface area contributed by atoms with Crippen molar-refractivity contribution in [2.45, 2.75) is 38.6 Å². The number of amides is 2. The standard InChI is InChI=1S/C20H23BrN2O2/c1-20(2,3)15-9-7-14(8-10-15)19(25)23-17(18(22)24)12-13-5-4-6-16(21)11-13/h4-11,17H,12H2,1-3H3,(H2,22,24)(H,23,25)/t17-/m0/s1. The predicted octanol–water partition coefficient (Wildman–Crippen LogP) is 3.57. The third kappa shape index (κ3) is 5.43. The zero-order valence-electron chi connectivity index (χ0n) is 14.7. The van der Waals surface area contributed by atoms with E-state index in [1.165, 1.54) is 0 Å². The van der Waals surface area contributed by atoms with Crippen LogP contribution in [-0.4, -0.2) is 17.9 Å². The second-order valence-electron chi connectivity index (χ2n) is 7.09. The Balaban J connectivity index is 2.11. The van der Waals surface area contributed by atoms with Gasteiger partial charge >= 0.3 is 0 Å². The monoisotopic (exact) mass is 402 g/mol. The van der Waals surface area contributed by atoms with E-state index < -0.39 is 11.9 Å². The van der Waals surface area contributed by atoms with Gasteiger partial charge in [-0.1, -0.05) is 61.0 Å². The molecule has 25 heavy (non-hydrogen) atoms. The van der Waals surface area contributed by atoms with Crippen LogP contribution in [0.3, 0.4) is 0 Å². The Morgan fingerprint density at radius 2 is 1.76 bits per heavy atom. The van der Waals surface area contributed by atoms with Crippen molar-refractivity contribution < 1.29 is 9.59 Å². The molecule has 0 bridgehead atoms. The Hall–Kier alpha value is -2.14. The van der Waals surface area contributed by atoms with E-state index >= 15 is 0 Å². The van der Waals surface area contributed by atoms with E-state index in [9.17, 15) is 9.59 Å². The Morgan fingerprint density at radius 1 is 1.12 bits per heavy atom. The zero-order chi connectivity index (χ0) is 18.6. The summed E-state index contributed by atoms with van der Waals surface area (Å²) in [6.07, 6.45) is 0.348. The quantitative estimate of drug-likeness (QED) is 0.801. The van der Waals surface area contributed by atoms with Gasteiger partial charge in [-0.05, 0) is 40.8 Å². The molecule has 2 aromatic rings. The van der Waals surface area contributed by atoms with Crippen LogP contribution < -0.4 is 11.1 Å². The molecular formula is C20H23BrN2O2. The summed E-state index contributed by atoms with van der Waals surface area (Å²) < 4.78 is 0.914. The molecule has 0 fully saturated rings. The number of carbonyl (C=O) groups is 2. The van der Waals surface area contributed by atoms with Gasteiger partial charge in [0.15, 0.2) is 0 Å². The van der Waals surface area contributed by atoms with Crippen molar-refractivity contribution in [3.8, 4) is 0 Å². The highest BCUT2D eigenvalue weighted by molar-refractivity contribution is 9.10. The summed E-state index contributed by atoms with van der Waals surface area (Å²) in [5.41, 5.74) is 8.05. The number of nitrogens with one attached hydrogen (secondary N) is 1. The summed E-state index contributed by atoms with van der Waals surface area (Å²) >= 11 is 3.40. The molecule has 0 saturated carbocycles. The third-order valence-electron chi connectivity index (χ3n) is 3.99. The zero-order valence-corrected chi connectivity index (χ0v) is 16.3. The van der Waals surface area contributed by atoms with Crippen molar-refractivity contribution >= 4 is 27.7 Å². The maximum atomic E-state index is 12.4. The molecule has 0 aliphatic heterocycles. The molecule has 0 aliphatic rings. The van der Waals surface area contributed by atoms with Crippen molar-refractivity contribution in [3.63, 3.8) is 0 Å². The molecule has 2 rings (SSSR count). The summed E-state index contributed by atoms with van der Waals surface area (Å²) in [5.74, 6) is -0.862. The first kappa shape index (κ1) is 19.2. The lowest BCUT2D eigenvalue weighted by Gasteiger charge is -2.19. The number of benzene rings is 2. The van der Waals surface area contributed by atoms with Crippen LogP contribution in [0, 0.1) is 0 Å². The maximum absolute atomic E-state index is 12.4. The number of nitrogens with two attached hydrogens (primary N) is 1. The minimum atomic E-state index is -0.760. The summed E-state index contributed by atoms with van der Waals surface area (Å²) in [5, 5.41) is 2.73. The van der Waals surface area contributed by atoms with E-state index in [2.05, 4.69) is 42.0 Å². The molecule has 5 heteroatoms. The van der Waals surface area contributed by atoms with E-state index in [1.54, 1.807) is 12.1 Å². The van der Waals surface area contributed by atoms with Gasteiger partial charge in [-0.25, -0.2) is 0 Å². The van der Waals surface area contributed by atoms with Crippen molar-refractivity contribution in [2.24, 2.45) is 5.73 Å². The number of hydrogen-bond donors (Lipinski definition) is 2. The first-order chi connectivity index (χ1) is 11.7. The van der Waals surface area contributed by atoms with Gasteiger partial charge in [0.25, 0.3) is 5.91 Å². The molecule has 0 saturated heterocycles. The largest absolute Gasteiger partial charge is 0.368 e. The van der Waals surface area contributed by atoms with E-state index in [0.29, 0.717) is 12.0 Å². The number of rotatable bonds is 5. The molecule has 132 valence electrons. The van der Waals surface area contributed by atoms with Crippen LogP contribution in [0.4, 0.5) is 0 Å². The fraction of sp³-hybridized carbons (Fsp3) is 0.300. The highest BCUT2D eigenvalue weighted by atomic mass is 79.9. The van der Waals surface area contributed by atoms with Gasteiger partial charge in [0.1, 0.15) is 6.04 Å². The predicted molar refractivity (Wildman–Crippen MR) is 103 cm³/mol. The van der Waals surface area contributed by atoms with Crippen molar-refractivity contribution in [3.05, 3.63) is 69.7 Å². The van der Waals surface area contributed by atoms with Crippen LogP contribution in [-0.2, 0) is 16.6 Å². The SMILES string of the molecule is CC(C)(C)c1ccc(C(=O)N[C@@H](Cc2cccc(Br)c2)C(N)=O)cc1. The van der Waals surface area contributed by atoms with E-state index in [1.807, 2.05) is 36.4 Å². The molecule has 0 unspecified atom stereocenters. The minimum Gasteiger partial charge on any atom is -0.368 e. The highest BCUT2D eigenvalue weighted by Gasteiger charge is 2.20. The van der Waals surface area contributed by atoms with Gasteiger partial charge in [0, 0.05) is 16.5 Å². The Labute approximate surface area is 156 Å². The molecule has 0 aromatic heterocycles. The maximum Gasteiger partial charge on any atom is 0.251 e. The Morgan fingerprint density at radius 3 is 2.28 bits per heavy atom. The molecule has 0 heterocycles. The number of primary amides is 1.